The smallest absolute Gasteiger partial charge is 0.0984 e. The standard InChI is InChI=1S/C14H13NO/c16-14-8-11-4-2-1-3-10(11)7-12-9-15-6-5-13(12)14/h1-8,14-16H,9H2. The van der Waals surface area contributed by atoms with Crippen LogP contribution < -0.4 is 15.8 Å². The molecule has 0 radical (unpaired) electrons. The van der Waals surface area contributed by atoms with Gasteiger partial charge in [-0.05, 0) is 46.0 Å². The highest BCUT2D eigenvalue weighted by atomic mass is 16.3. The van der Waals surface area contributed by atoms with Crippen molar-refractivity contribution in [3.8, 4) is 0 Å². The van der Waals surface area contributed by atoms with Gasteiger partial charge in [-0.25, -0.2) is 0 Å². The van der Waals surface area contributed by atoms with Crippen LogP contribution in [-0.2, 0) is 0 Å². The van der Waals surface area contributed by atoms with Crippen molar-refractivity contribution in [1.29, 1.82) is 0 Å². The van der Waals surface area contributed by atoms with Gasteiger partial charge in [0, 0.05) is 6.54 Å². The lowest BCUT2D eigenvalue weighted by atomic mass is 10.0. The lowest BCUT2D eigenvalue weighted by Crippen LogP contribution is -2.24. The fourth-order valence-corrected chi connectivity index (χ4v) is 2.19. The van der Waals surface area contributed by atoms with Crippen molar-refractivity contribution < 1.29 is 5.11 Å². The Labute approximate surface area is 93.9 Å². The molecule has 3 rings (SSSR count). The Morgan fingerprint density at radius 2 is 2.00 bits per heavy atom. The van der Waals surface area contributed by atoms with Crippen LogP contribution in [0.15, 0.2) is 47.7 Å². The number of hydrogen-bond acceptors (Lipinski definition) is 2. The second kappa shape index (κ2) is 3.65. The molecule has 1 atom stereocenters. The summed E-state index contributed by atoms with van der Waals surface area (Å²) in [4.78, 5) is 0. The van der Waals surface area contributed by atoms with E-state index in [4.69, 9.17) is 0 Å². The molecular weight excluding hydrogens is 198 g/mol. The van der Waals surface area contributed by atoms with Crippen molar-refractivity contribution in [1.82, 2.24) is 5.32 Å². The highest BCUT2D eigenvalue weighted by Gasteiger charge is 2.14. The lowest BCUT2D eigenvalue weighted by Gasteiger charge is -2.16. The zero-order chi connectivity index (χ0) is 11.0. The van der Waals surface area contributed by atoms with Gasteiger partial charge >= 0.3 is 0 Å². The molecular formula is C14H13NO. The first kappa shape index (κ1) is 9.43. The van der Waals surface area contributed by atoms with Gasteiger partial charge in [0.05, 0.1) is 6.10 Å². The largest absolute Gasteiger partial charge is 0.387 e. The Balaban J connectivity index is 2.29. The van der Waals surface area contributed by atoms with Gasteiger partial charge in [0.15, 0.2) is 0 Å². The zero-order valence-electron chi connectivity index (χ0n) is 8.85. The van der Waals surface area contributed by atoms with Crippen LogP contribution in [0, 0.1) is 0 Å². The second-order valence-electron chi connectivity index (χ2n) is 4.08. The minimum Gasteiger partial charge on any atom is -0.387 e. The molecule has 1 aromatic rings. The number of rotatable bonds is 0. The maximum absolute atomic E-state index is 10.1. The number of aliphatic hydroxyl groups is 1. The van der Waals surface area contributed by atoms with Crippen molar-refractivity contribution in [2.45, 2.75) is 6.10 Å². The van der Waals surface area contributed by atoms with Crippen molar-refractivity contribution >= 4 is 12.2 Å². The maximum Gasteiger partial charge on any atom is 0.0984 e. The van der Waals surface area contributed by atoms with Gasteiger partial charge < -0.3 is 10.4 Å². The maximum atomic E-state index is 10.1. The summed E-state index contributed by atoms with van der Waals surface area (Å²) >= 11 is 0. The number of dihydropyridines is 1. The molecule has 1 heterocycles. The van der Waals surface area contributed by atoms with E-state index in [1.165, 1.54) is 5.22 Å². The quantitative estimate of drug-likeness (QED) is 0.635. The molecule has 80 valence electrons. The van der Waals surface area contributed by atoms with Gasteiger partial charge in [-0.1, -0.05) is 24.3 Å². The topological polar surface area (TPSA) is 32.3 Å². The van der Waals surface area contributed by atoms with Gasteiger partial charge in [0.25, 0.3) is 0 Å². The molecule has 0 saturated heterocycles. The second-order valence-corrected chi connectivity index (χ2v) is 4.08. The predicted octanol–water partition coefficient (Wildman–Crippen LogP) is 0.0356. The molecule has 1 unspecified atom stereocenters. The normalized spacial score (nSPS) is 22.2. The summed E-state index contributed by atoms with van der Waals surface area (Å²) < 4.78 is 0. The molecule has 16 heavy (non-hydrogen) atoms. The Morgan fingerprint density at radius 3 is 2.88 bits per heavy atom. The van der Waals surface area contributed by atoms with Crippen LogP contribution in [-0.4, -0.2) is 17.8 Å². The summed E-state index contributed by atoms with van der Waals surface area (Å²) in [6.07, 6.45) is 7.38. The molecule has 2 aliphatic rings. The molecule has 2 heteroatoms. The number of nitrogens with one attached hydrogen (secondary N) is 1. The molecule has 2 N–H and O–H groups in total. The van der Waals surface area contributed by atoms with Crippen LogP contribution in [0.1, 0.15) is 0 Å². The van der Waals surface area contributed by atoms with Crippen LogP contribution in [0.5, 0.6) is 0 Å². The third-order valence-corrected chi connectivity index (χ3v) is 3.03. The van der Waals surface area contributed by atoms with Crippen LogP contribution in [0.3, 0.4) is 0 Å². The van der Waals surface area contributed by atoms with Crippen molar-refractivity contribution in [2.75, 3.05) is 6.54 Å². The van der Waals surface area contributed by atoms with E-state index in [9.17, 15) is 5.11 Å². The lowest BCUT2D eigenvalue weighted by molar-refractivity contribution is 0.276. The first-order chi connectivity index (χ1) is 7.84. The molecule has 1 aliphatic heterocycles. The van der Waals surface area contributed by atoms with Gasteiger partial charge in [-0.3, -0.25) is 0 Å². The van der Waals surface area contributed by atoms with E-state index >= 15 is 0 Å². The van der Waals surface area contributed by atoms with E-state index in [-0.39, 0.29) is 0 Å². The summed E-state index contributed by atoms with van der Waals surface area (Å²) in [5.74, 6) is 0. The average molecular weight is 211 g/mol. The predicted molar refractivity (Wildman–Crippen MR) is 64.8 cm³/mol. The van der Waals surface area contributed by atoms with E-state index in [2.05, 4.69) is 17.5 Å². The van der Waals surface area contributed by atoms with Gasteiger partial charge in [-0.2, -0.15) is 0 Å². The SMILES string of the molecule is OC1C=c2ccccc2=CC2=C1C=CNC2. The number of hydrogen-bond donors (Lipinski definition) is 2. The average Bonchev–Trinajstić information content (AvgIpc) is 2.45. The third-order valence-electron chi connectivity index (χ3n) is 3.03. The summed E-state index contributed by atoms with van der Waals surface area (Å²) in [6, 6.07) is 8.12. The fraction of sp³-hybridized carbons (Fsp3) is 0.143. The Morgan fingerprint density at radius 1 is 1.19 bits per heavy atom. The Hall–Kier alpha value is -1.80. The molecule has 0 aromatic heterocycles. The van der Waals surface area contributed by atoms with E-state index < -0.39 is 6.10 Å². The monoisotopic (exact) mass is 211 g/mol. The molecule has 0 amide bonds. The van der Waals surface area contributed by atoms with E-state index in [1.54, 1.807) is 0 Å². The highest BCUT2D eigenvalue weighted by molar-refractivity contribution is 5.61. The Kier molecular flexibility index (Phi) is 2.15. The van der Waals surface area contributed by atoms with E-state index in [0.29, 0.717) is 0 Å². The Bertz CT molecular complexity index is 595. The minimum atomic E-state index is -0.506. The summed E-state index contributed by atoms with van der Waals surface area (Å²) in [5.41, 5.74) is 2.16. The first-order valence-electron chi connectivity index (χ1n) is 5.44. The minimum absolute atomic E-state index is 0.506. The number of benzene rings is 1. The molecule has 0 bridgehead atoms. The summed E-state index contributed by atoms with van der Waals surface area (Å²) in [7, 11) is 0. The van der Waals surface area contributed by atoms with Crippen molar-refractivity contribution in [2.24, 2.45) is 0 Å². The first-order valence-corrected chi connectivity index (χ1v) is 5.44. The number of fused-ring (bicyclic) bond motifs is 1. The van der Waals surface area contributed by atoms with Crippen LogP contribution in [0.4, 0.5) is 0 Å². The molecule has 0 spiro atoms. The number of aliphatic hydroxyl groups excluding tert-OH is 1. The molecule has 1 aromatic carbocycles. The zero-order valence-corrected chi connectivity index (χ0v) is 8.85. The third kappa shape index (κ3) is 1.48. The molecule has 0 fully saturated rings. The summed E-state index contributed by atoms with van der Waals surface area (Å²) in [6.45, 7) is 0.783. The van der Waals surface area contributed by atoms with Crippen LogP contribution >= 0.6 is 0 Å². The van der Waals surface area contributed by atoms with Gasteiger partial charge in [-0.15, -0.1) is 0 Å². The van der Waals surface area contributed by atoms with Crippen molar-refractivity contribution in [3.05, 3.63) is 58.1 Å². The molecule has 1 aliphatic carbocycles. The summed E-state index contributed by atoms with van der Waals surface area (Å²) in [5, 5.41) is 15.6. The van der Waals surface area contributed by atoms with Crippen LogP contribution in [0.2, 0.25) is 0 Å². The molecule has 2 nitrogen and oxygen atoms in total. The van der Waals surface area contributed by atoms with Crippen LogP contribution in [0.25, 0.3) is 12.2 Å². The van der Waals surface area contributed by atoms with Gasteiger partial charge in [0.2, 0.25) is 0 Å². The highest BCUT2D eigenvalue weighted by Crippen LogP contribution is 2.17. The van der Waals surface area contributed by atoms with Crippen molar-refractivity contribution in [3.63, 3.8) is 0 Å². The fourth-order valence-electron chi connectivity index (χ4n) is 2.19. The molecule has 0 saturated carbocycles. The van der Waals surface area contributed by atoms with Gasteiger partial charge in [0.1, 0.15) is 0 Å². The van der Waals surface area contributed by atoms with E-state index in [1.807, 2.05) is 36.6 Å². The van der Waals surface area contributed by atoms with E-state index in [0.717, 1.165) is 22.9 Å².